The normalized spacial score (nSPS) is 13.8. The molecule has 0 saturated carbocycles. The fourth-order valence-corrected chi connectivity index (χ4v) is 1.81. The van der Waals surface area contributed by atoms with Crippen LogP contribution in [-0.4, -0.2) is 28.3 Å². The lowest BCUT2D eigenvalue weighted by Crippen LogP contribution is -2.18. The number of aryl methyl sites for hydroxylation is 1. The van der Waals surface area contributed by atoms with Gasteiger partial charge >= 0.3 is 0 Å². The first-order valence-electron chi connectivity index (χ1n) is 5.23. The highest BCUT2D eigenvalue weighted by Gasteiger charge is 2.17. The Morgan fingerprint density at radius 2 is 2.31 bits per heavy atom. The molecule has 0 atom stereocenters. The number of hydrogen-bond donors (Lipinski definition) is 2. The molecule has 1 aliphatic rings. The molecule has 0 aliphatic carbocycles. The van der Waals surface area contributed by atoms with Gasteiger partial charge in [-0.05, 0) is 19.1 Å². The topological polar surface area (TPSA) is 62.8 Å². The number of anilines is 1. The Labute approximate surface area is 92.9 Å². The number of hydrogen-bond acceptors (Lipinski definition) is 4. The van der Waals surface area contributed by atoms with Gasteiger partial charge in [0.25, 0.3) is 0 Å². The van der Waals surface area contributed by atoms with Crippen LogP contribution >= 0.6 is 0 Å². The van der Waals surface area contributed by atoms with Crippen molar-refractivity contribution in [3.8, 4) is 17.1 Å². The number of rotatable bonds is 1. The second-order valence-corrected chi connectivity index (χ2v) is 3.70. The van der Waals surface area contributed by atoms with Gasteiger partial charge in [-0.25, -0.2) is 4.98 Å². The third kappa shape index (κ3) is 1.41. The largest absolute Gasteiger partial charge is 0.489 e. The molecule has 2 heterocycles. The molecule has 0 unspecified atom stereocenters. The third-order valence-corrected chi connectivity index (χ3v) is 2.52. The number of nitrogens with one attached hydrogen (secondary N) is 2. The SMILES string of the molecule is Cc1nc(-c2cccc3c2OCCN3)n[nH]1. The molecule has 1 aromatic heterocycles. The minimum Gasteiger partial charge on any atom is -0.489 e. The Morgan fingerprint density at radius 1 is 1.38 bits per heavy atom. The summed E-state index contributed by atoms with van der Waals surface area (Å²) in [5.74, 6) is 2.32. The Morgan fingerprint density at radius 3 is 3.12 bits per heavy atom. The molecule has 1 aliphatic heterocycles. The maximum Gasteiger partial charge on any atom is 0.184 e. The monoisotopic (exact) mass is 216 g/mol. The molecule has 2 N–H and O–H groups in total. The number of nitrogens with zero attached hydrogens (tertiary/aromatic N) is 2. The summed E-state index contributed by atoms with van der Waals surface area (Å²) in [5.41, 5.74) is 1.93. The maximum atomic E-state index is 5.66. The summed E-state index contributed by atoms with van der Waals surface area (Å²) < 4.78 is 5.66. The molecule has 0 fully saturated rings. The van der Waals surface area contributed by atoms with Crippen molar-refractivity contribution in [3.05, 3.63) is 24.0 Å². The zero-order valence-electron chi connectivity index (χ0n) is 8.95. The number of benzene rings is 1. The highest BCUT2D eigenvalue weighted by atomic mass is 16.5. The van der Waals surface area contributed by atoms with Crippen molar-refractivity contribution in [2.75, 3.05) is 18.5 Å². The Kier molecular flexibility index (Phi) is 2.02. The Hall–Kier alpha value is -2.04. The zero-order valence-corrected chi connectivity index (χ0v) is 8.95. The molecule has 0 amide bonds. The number of aromatic amines is 1. The van der Waals surface area contributed by atoms with Gasteiger partial charge in [-0.15, -0.1) is 0 Å². The van der Waals surface area contributed by atoms with E-state index in [2.05, 4.69) is 20.5 Å². The highest BCUT2D eigenvalue weighted by molar-refractivity contribution is 5.75. The lowest BCUT2D eigenvalue weighted by Gasteiger charge is -2.20. The van der Waals surface area contributed by atoms with Crippen LogP contribution in [0.4, 0.5) is 5.69 Å². The molecular formula is C11H12N4O. The summed E-state index contributed by atoms with van der Waals surface area (Å²) in [6.07, 6.45) is 0. The molecule has 5 nitrogen and oxygen atoms in total. The van der Waals surface area contributed by atoms with E-state index in [1.807, 2.05) is 25.1 Å². The first-order valence-corrected chi connectivity index (χ1v) is 5.23. The highest BCUT2D eigenvalue weighted by Crippen LogP contribution is 2.36. The van der Waals surface area contributed by atoms with Gasteiger partial charge in [0.15, 0.2) is 11.6 Å². The first-order chi connectivity index (χ1) is 7.84. The molecule has 0 bridgehead atoms. The number of ether oxygens (including phenoxy) is 1. The van der Waals surface area contributed by atoms with Gasteiger partial charge in [0.05, 0.1) is 11.3 Å². The van der Waals surface area contributed by atoms with E-state index in [9.17, 15) is 0 Å². The van der Waals surface area contributed by atoms with Gasteiger partial charge in [0, 0.05) is 6.54 Å². The van der Waals surface area contributed by atoms with Crippen LogP contribution < -0.4 is 10.1 Å². The van der Waals surface area contributed by atoms with Crippen molar-refractivity contribution in [1.29, 1.82) is 0 Å². The van der Waals surface area contributed by atoms with Crippen molar-refractivity contribution in [1.82, 2.24) is 15.2 Å². The number of fused-ring (bicyclic) bond motifs is 1. The van der Waals surface area contributed by atoms with E-state index in [1.165, 1.54) is 0 Å². The van der Waals surface area contributed by atoms with Crippen LogP contribution in [0.2, 0.25) is 0 Å². The molecular weight excluding hydrogens is 204 g/mol. The van der Waals surface area contributed by atoms with Crippen LogP contribution in [0.3, 0.4) is 0 Å². The van der Waals surface area contributed by atoms with Crippen LogP contribution in [0, 0.1) is 6.92 Å². The van der Waals surface area contributed by atoms with E-state index >= 15 is 0 Å². The predicted octanol–water partition coefficient (Wildman–Crippen LogP) is 1.58. The van der Waals surface area contributed by atoms with Gasteiger partial charge < -0.3 is 10.1 Å². The lowest BCUT2D eigenvalue weighted by molar-refractivity contribution is 0.324. The van der Waals surface area contributed by atoms with Crippen molar-refractivity contribution in [3.63, 3.8) is 0 Å². The van der Waals surface area contributed by atoms with E-state index in [0.29, 0.717) is 12.4 Å². The van der Waals surface area contributed by atoms with E-state index in [4.69, 9.17) is 4.74 Å². The fraction of sp³-hybridized carbons (Fsp3) is 0.273. The van der Waals surface area contributed by atoms with Crippen LogP contribution in [-0.2, 0) is 0 Å². The van der Waals surface area contributed by atoms with Crippen LogP contribution in [0.1, 0.15) is 5.82 Å². The van der Waals surface area contributed by atoms with E-state index in [-0.39, 0.29) is 0 Å². The second kappa shape index (κ2) is 3.52. The van der Waals surface area contributed by atoms with Crippen molar-refractivity contribution < 1.29 is 4.74 Å². The summed E-state index contributed by atoms with van der Waals surface area (Å²) in [6, 6.07) is 5.94. The fourth-order valence-electron chi connectivity index (χ4n) is 1.81. The molecule has 1 aromatic carbocycles. The van der Waals surface area contributed by atoms with Gasteiger partial charge in [0.1, 0.15) is 12.4 Å². The van der Waals surface area contributed by atoms with E-state index in [0.717, 1.165) is 29.4 Å². The Bertz CT molecular complexity index is 520. The molecule has 3 rings (SSSR count). The van der Waals surface area contributed by atoms with Crippen LogP contribution in [0.25, 0.3) is 11.4 Å². The van der Waals surface area contributed by atoms with Crippen LogP contribution in [0.15, 0.2) is 18.2 Å². The number of H-pyrrole nitrogens is 1. The first kappa shape index (κ1) is 9.21. The molecule has 0 radical (unpaired) electrons. The quantitative estimate of drug-likeness (QED) is 0.759. The number of aromatic nitrogens is 3. The molecule has 16 heavy (non-hydrogen) atoms. The third-order valence-electron chi connectivity index (χ3n) is 2.52. The van der Waals surface area contributed by atoms with Gasteiger partial charge in [-0.1, -0.05) is 6.07 Å². The van der Waals surface area contributed by atoms with Crippen molar-refractivity contribution >= 4 is 5.69 Å². The Balaban J connectivity index is 2.13. The summed E-state index contributed by atoms with van der Waals surface area (Å²) in [6.45, 7) is 3.39. The molecule has 2 aromatic rings. The summed E-state index contributed by atoms with van der Waals surface area (Å²) >= 11 is 0. The van der Waals surface area contributed by atoms with Gasteiger partial charge in [-0.3, -0.25) is 5.10 Å². The van der Waals surface area contributed by atoms with E-state index in [1.54, 1.807) is 0 Å². The zero-order chi connectivity index (χ0) is 11.0. The van der Waals surface area contributed by atoms with Gasteiger partial charge in [0.2, 0.25) is 0 Å². The minimum atomic E-state index is 0.674. The summed E-state index contributed by atoms with van der Waals surface area (Å²) in [4.78, 5) is 4.31. The molecule has 0 saturated heterocycles. The average molecular weight is 216 g/mol. The van der Waals surface area contributed by atoms with E-state index < -0.39 is 0 Å². The summed E-state index contributed by atoms with van der Waals surface area (Å²) in [5, 5.41) is 10.3. The smallest absolute Gasteiger partial charge is 0.184 e. The standard InChI is InChI=1S/C11H12N4O/c1-7-13-11(15-14-7)8-3-2-4-9-10(8)16-6-5-12-9/h2-4,12H,5-6H2,1H3,(H,13,14,15). The molecule has 0 spiro atoms. The average Bonchev–Trinajstić information content (AvgIpc) is 2.75. The number of para-hydroxylation sites is 1. The second-order valence-electron chi connectivity index (χ2n) is 3.70. The van der Waals surface area contributed by atoms with Crippen molar-refractivity contribution in [2.45, 2.75) is 6.92 Å². The van der Waals surface area contributed by atoms with Crippen LogP contribution in [0.5, 0.6) is 5.75 Å². The maximum absolute atomic E-state index is 5.66. The predicted molar refractivity (Wildman–Crippen MR) is 60.5 cm³/mol. The molecule has 82 valence electrons. The minimum absolute atomic E-state index is 0.674. The van der Waals surface area contributed by atoms with Crippen molar-refractivity contribution in [2.24, 2.45) is 0 Å². The van der Waals surface area contributed by atoms with Gasteiger partial charge in [-0.2, -0.15) is 5.10 Å². The molecule has 5 heteroatoms. The summed E-state index contributed by atoms with van der Waals surface area (Å²) in [7, 11) is 0. The lowest BCUT2D eigenvalue weighted by atomic mass is 10.1.